The monoisotopic (exact) mass is 399 g/mol. The maximum atomic E-state index is 10.8. The van der Waals surface area contributed by atoms with Gasteiger partial charge in [-0.3, -0.25) is 10.1 Å². The molecule has 0 amide bonds. The molecule has 104 valence electrons. The summed E-state index contributed by atoms with van der Waals surface area (Å²) in [6.45, 7) is 2.31. The number of rotatable bonds is 4. The van der Waals surface area contributed by atoms with Gasteiger partial charge in [-0.25, -0.2) is 4.98 Å². The van der Waals surface area contributed by atoms with Crippen LogP contribution in [0.3, 0.4) is 0 Å². The Kier molecular flexibility index (Phi) is 4.72. The summed E-state index contributed by atoms with van der Waals surface area (Å²) in [6.07, 6.45) is 1.72. The van der Waals surface area contributed by atoms with Crippen LogP contribution < -0.4 is 5.32 Å². The van der Waals surface area contributed by atoms with E-state index in [1.165, 1.54) is 6.07 Å². The highest BCUT2D eigenvalue weighted by atomic mass is 79.9. The molecule has 1 N–H and O–H groups in total. The largest absolute Gasteiger partial charge is 0.380 e. The van der Waals surface area contributed by atoms with Crippen LogP contribution in [-0.4, -0.2) is 9.91 Å². The van der Waals surface area contributed by atoms with Crippen LogP contribution in [0.1, 0.15) is 11.1 Å². The van der Waals surface area contributed by atoms with Crippen molar-refractivity contribution >= 4 is 43.2 Å². The minimum atomic E-state index is -0.373. The van der Waals surface area contributed by atoms with Crippen molar-refractivity contribution in [2.24, 2.45) is 0 Å². The Morgan fingerprint density at radius 1 is 1.35 bits per heavy atom. The maximum Gasteiger partial charge on any atom is 0.272 e. The summed E-state index contributed by atoms with van der Waals surface area (Å²) in [6, 6.07) is 7.00. The van der Waals surface area contributed by atoms with Crippen LogP contribution in [0.15, 0.2) is 39.5 Å². The zero-order valence-corrected chi connectivity index (χ0v) is 13.7. The van der Waals surface area contributed by atoms with Crippen molar-refractivity contribution < 1.29 is 4.92 Å². The second kappa shape index (κ2) is 6.32. The van der Waals surface area contributed by atoms with E-state index in [0.717, 1.165) is 20.3 Å². The molecule has 0 aliphatic rings. The van der Waals surface area contributed by atoms with Crippen LogP contribution in [0.5, 0.6) is 0 Å². The van der Waals surface area contributed by atoms with Crippen LogP contribution in [0.2, 0.25) is 0 Å². The van der Waals surface area contributed by atoms with Crippen LogP contribution in [0.4, 0.5) is 11.4 Å². The van der Waals surface area contributed by atoms with Gasteiger partial charge in [0.25, 0.3) is 5.69 Å². The third-order valence-electron chi connectivity index (χ3n) is 2.75. The van der Waals surface area contributed by atoms with Gasteiger partial charge in [0, 0.05) is 18.2 Å². The number of nitro groups is 1. The lowest BCUT2D eigenvalue weighted by atomic mass is 10.1. The van der Waals surface area contributed by atoms with E-state index >= 15 is 0 Å². The van der Waals surface area contributed by atoms with Crippen LogP contribution >= 0.6 is 31.9 Å². The van der Waals surface area contributed by atoms with Gasteiger partial charge in [0.1, 0.15) is 4.60 Å². The van der Waals surface area contributed by atoms with E-state index in [-0.39, 0.29) is 10.6 Å². The first-order chi connectivity index (χ1) is 9.47. The molecule has 2 rings (SSSR count). The highest BCUT2D eigenvalue weighted by Gasteiger charge is 2.10. The molecule has 0 spiro atoms. The van der Waals surface area contributed by atoms with Crippen LogP contribution in [0, 0.1) is 17.0 Å². The van der Waals surface area contributed by atoms with Crippen molar-refractivity contribution in [3.05, 3.63) is 60.8 Å². The normalized spacial score (nSPS) is 10.3. The molecule has 7 heteroatoms. The minimum Gasteiger partial charge on any atom is -0.380 e. The summed E-state index contributed by atoms with van der Waals surface area (Å²) >= 11 is 6.69. The Balaban J connectivity index is 2.09. The van der Waals surface area contributed by atoms with Crippen molar-refractivity contribution in [3.8, 4) is 0 Å². The molecule has 1 aromatic carbocycles. The van der Waals surface area contributed by atoms with E-state index in [2.05, 4.69) is 42.2 Å². The van der Waals surface area contributed by atoms with Gasteiger partial charge in [-0.1, -0.05) is 6.07 Å². The molecule has 20 heavy (non-hydrogen) atoms. The molecule has 0 radical (unpaired) electrons. The van der Waals surface area contributed by atoms with Crippen LogP contribution in [-0.2, 0) is 6.54 Å². The number of nitrogens with zero attached hydrogens (tertiary/aromatic N) is 2. The third kappa shape index (κ3) is 3.55. The van der Waals surface area contributed by atoms with Crippen molar-refractivity contribution in [3.63, 3.8) is 0 Å². The van der Waals surface area contributed by atoms with E-state index in [1.54, 1.807) is 19.2 Å². The SMILES string of the molecule is Cc1cc(CNc2cnc(Br)c(Br)c2)ccc1[N+](=O)[O-]. The van der Waals surface area contributed by atoms with Gasteiger partial charge in [0.2, 0.25) is 0 Å². The summed E-state index contributed by atoms with van der Waals surface area (Å²) in [5.74, 6) is 0. The molecule has 0 aliphatic heterocycles. The van der Waals surface area contributed by atoms with E-state index in [1.807, 2.05) is 12.1 Å². The first-order valence-electron chi connectivity index (χ1n) is 5.76. The number of halogens is 2. The van der Waals surface area contributed by atoms with Gasteiger partial charge in [0.15, 0.2) is 0 Å². The fraction of sp³-hybridized carbons (Fsp3) is 0.154. The molecule has 0 bridgehead atoms. The number of hydrogen-bond donors (Lipinski definition) is 1. The molecule has 0 aliphatic carbocycles. The van der Waals surface area contributed by atoms with Crippen molar-refractivity contribution in [1.29, 1.82) is 0 Å². The Hall–Kier alpha value is -1.47. The average molecular weight is 401 g/mol. The minimum absolute atomic E-state index is 0.141. The van der Waals surface area contributed by atoms with E-state index in [9.17, 15) is 10.1 Å². The molecule has 1 heterocycles. The van der Waals surface area contributed by atoms with Gasteiger partial charge in [-0.15, -0.1) is 0 Å². The van der Waals surface area contributed by atoms with Crippen molar-refractivity contribution in [2.45, 2.75) is 13.5 Å². The highest BCUT2D eigenvalue weighted by Crippen LogP contribution is 2.24. The zero-order chi connectivity index (χ0) is 14.7. The van der Waals surface area contributed by atoms with Crippen molar-refractivity contribution in [1.82, 2.24) is 4.98 Å². The summed E-state index contributed by atoms with van der Waals surface area (Å²) in [5, 5.41) is 14.0. The molecule has 0 atom stereocenters. The molecule has 5 nitrogen and oxygen atoms in total. The second-order valence-electron chi connectivity index (χ2n) is 4.23. The summed E-state index contributed by atoms with van der Waals surface area (Å²) in [4.78, 5) is 14.5. The van der Waals surface area contributed by atoms with Gasteiger partial charge < -0.3 is 5.32 Å². The average Bonchev–Trinajstić information content (AvgIpc) is 2.40. The molecule has 0 saturated carbocycles. The van der Waals surface area contributed by atoms with Gasteiger partial charge in [-0.2, -0.15) is 0 Å². The second-order valence-corrected chi connectivity index (χ2v) is 5.83. The van der Waals surface area contributed by atoms with E-state index in [4.69, 9.17) is 0 Å². The fourth-order valence-electron chi connectivity index (χ4n) is 1.75. The number of aryl methyl sites for hydroxylation is 1. The predicted octanol–water partition coefficient (Wildman–Crippen LogP) is 4.44. The first kappa shape index (κ1) is 14.9. The highest BCUT2D eigenvalue weighted by molar-refractivity contribution is 9.13. The maximum absolute atomic E-state index is 10.8. The summed E-state index contributed by atoms with van der Waals surface area (Å²) in [7, 11) is 0. The van der Waals surface area contributed by atoms with Crippen LogP contribution in [0.25, 0.3) is 0 Å². The summed E-state index contributed by atoms with van der Waals surface area (Å²) < 4.78 is 1.61. The van der Waals surface area contributed by atoms with E-state index < -0.39 is 0 Å². The van der Waals surface area contributed by atoms with E-state index in [0.29, 0.717) is 12.1 Å². The molecular formula is C13H11Br2N3O2. The van der Waals surface area contributed by atoms with Crippen molar-refractivity contribution in [2.75, 3.05) is 5.32 Å². The number of nitro benzene ring substituents is 1. The number of nitrogens with one attached hydrogen (secondary N) is 1. The Labute approximate surface area is 132 Å². The van der Waals surface area contributed by atoms with Gasteiger partial charge >= 0.3 is 0 Å². The molecule has 2 aromatic rings. The standard InChI is InChI=1S/C13H11Br2N3O2/c1-8-4-9(2-3-12(8)18(19)20)6-16-10-5-11(14)13(15)17-7-10/h2-5,7,16H,6H2,1H3. The van der Waals surface area contributed by atoms with Gasteiger partial charge in [-0.05, 0) is 56.5 Å². The third-order valence-corrected chi connectivity index (χ3v) is 4.52. The smallest absolute Gasteiger partial charge is 0.272 e. The quantitative estimate of drug-likeness (QED) is 0.468. The Morgan fingerprint density at radius 3 is 2.70 bits per heavy atom. The fourth-order valence-corrected chi connectivity index (χ4v) is 2.32. The van der Waals surface area contributed by atoms with Gasteiger partial charge in [0.05, 0.1) is 21.3 Å². The Bertz CT molecular complexity index is 662. The molecule has 0 unspecified atom stereocenters. The molecule has 1 aromatic heterocycles. The molecular weight excluding hydrogens is 390 g/mol. The number of anilines is 1. The first-order valence-corrected chi connectivity index (χ1v) is 7.35. The number of pyridine rings is 1. The number of hydrogen-bond acceptors (Lipinski definition) is 4. The summed E-state index contributed by atoms with van der Waals surface area (Å²) in [5.41, 5.74) is 2.65. The zero-order valence-electron chi connectivity index (χ0n) is 10.6. The molecule has 0 fully saturated rings. The lowest BCUT2D eigenvalue weighted by Gasteiger charge is -2.08. The number of benzene rings is 1. The molecule has 0 saturated heterocycles. The Morgan fingerprint density at radius 2 is 2.10 bits per heavy atom. The number of aromatic nitrogens is 1. The lowest BCUT2D eigenvalue weighted by Crippen LogP contribution is -2.01. The predicted molar refractivity (Wildman–Crippen MR) is 84.8 cm³/mol. The topological polar surface area (TPSA) is 68.1 Å². The lowest BCUT2D eigenvalue weighted by molar-refractivity contribution is -0.385.